The molecule has 0 bridgehead atoms. The first-order valence-electron chi connectivity index (χ1n) is 2.88. The van der Waals surface area contributed by atoms with Crippen LogP contribution in [0.5, 0.6) is 0 Å². The van der Waals surface area contributed by atoms with Crippen LogP contribution in [0.2, 0.25) is 0 Å². The van der Waals surface area contributed by atoms with E-state index in [1.165, 1.54) is 19.1 Å². The summed E-state index contributed by atoms with van der Waals surface area (Å²) < 4.78 is 0. The fraction of sp³-hybridized carbons (Fsp3) is 0.286. The maximum absolute atomic E-state index is 10.4. The Morgan fingerprint density at radius 1 is 1.40 bits per heavy atom. The maximum atomic E-state index is 10.4. The Morgan fingerprint density at radius 2 is 1.90 bits per heavy atom. The van der Waals surface area contributed by atoms with Crippen LogP contribution in [0.4, 0.5) is 0 Å². The molecule has 3 nitrogen and oxygen atoms in total. The van der Waals surface area contributed by atoms with E-state index in [1.54, 1.807) is 6.92 Å². The van der Waals surface area contributed by atoms with Gasteiger partial charge in [-0.2, -0.15) is 0 Å². The predicted octanol–water partition coefficient (Wildman–Crippen LogP) is 0.880. The Balaban J connectivity index is 4.19. The summed E-state index contributed by atoms with van der Waals surface area (Å²) in [6.45, 7) is 3.10. The number of hydrogen-bond acceptors (Lipinski definition) is 2. The summed E-state index contributed by atoms with van der Waals surface area (Å²) in [6.07, 6.45) is 2.89. The van der Waals surface area contributed by atoms with Crippen molar-refractivity contribution in [2.45, 2.75) is 13.8 Å². The van der Waals surface area contributed by atoms with Crippen LogP contribution in [0, 0.1) is 0 Å². The van der Waals surface area contributed by atoms with Gasteiger partial charge >= 0.3 is 0 Å². The van der Waals surface area contributed by atoms with Crippen LogP contribution in [0.15, 0.2) is 23.5 Å². The standard InChI is InChI=1S/C7H11NO2/c1-5(7(8)10)3-4-6(2)9/h3-4,9H,1-2H3,(H2,8,10)/b5-3+,6-4+. The molecule has 0 aliphatic heterocycles. The van der Waals surface area contributed by atoms with Crippen LogP contribution in [0.1, 0.15) is 13.8 Å². The van der Waals surface area contributed by atoms with Crippen LogP contribution >= 0.6 is 0 Å². The fourth-order valence-corrected chi connectivity index (χ4v) is 0.328. The van der Waals surface area contributed by atoms with E-state index in [9.17, 15) is 4.79 Å². The summed E-state index contributed by atoms with van der Waals surface area (Å²) in [4.78, 5) is 10.4. The van der Waals surface area contributed by atoms with Gasteiger partial charge in [-0.15, -0.1) is 0 Å². The molecule has 0 aromatic carbocycles. The van der Waals surface area contributed by atoms with Crippen molar-refractivity contribution < 1.29 is 9.90 Å². The molecule has 0 aliphatic rings. The molecule has 0 saturated carbocycles. The molecule has 0 aliphatic carbocycles. The third-order valence-corrected chi connectivity index (χ3v) is 0.963. The molecule has 0 aromatic rings. The van der Waals surface area contributed by atoms with Crippen LogP contribution in [0.3, 0.4) is 0 Å². The lowest BCUT2D eigenvalue weighted by Gasteiger charge is -1.89. The van der Waals surface area contributed by atoms with Gasteiger partial charge in [-0.1, -0.05) is 6.08 Å². The van der Waals surface area contributed by atoms with Crippen molar-refractivity contribution >= 4 is 5.91 Å². The molecule has 0 saturated heterocycles. The lowest BCUT2D eigenvalue weighted by molar-refractivity contribution is -0.114. The number of carbonyl (C=O) groups is 1. The zero-order valence-electron chi connectivity index (χ0n) is 6.09. The summed E-state index contributed by atoms with van der Waals surface area (Å²) in [7, 11) is 0. The van der Waals surface area contributed by atoms with Gasteiger partial charge in [0.15, 0.2) is 0 Å². The van der Waals surface area contributed by atoms with Gasteiger partial charge < -0.3 is 10.8 Å². The van der Waals surface area contributed by atoms with E-state index < -0.39 is 5.91 Å². The SMILES string of the molecule is C/C(O)=C\C=C(/C)C(N)=O. The van der Waals surface area contributed by atoms with Crippen LogP contribution in [0.25, 0.3) is 0 Å². The highest BCUT2D eigenvalue weighted by Gasteiger charge is 1.92. The monoisotopic (exact) mass is 141 g/mol. The van der Waals surface area contributed by atoms with Crippen molar-refractivity contribution in [2.75, 3.05) is 0 Å². The second-order valence-electron chi connectivity index (χ2n) is 2.02. The van der Waals surface area contributed by atoms with Crippen molar-refractivity contribution in [3.8, 4) is 0 Å². The van der Waals surface area contributed by atoms with Crippen molar-refractivity contribution in [1.82, 2.24) is 0 Å². The smallest absolute Gasteiger partial charge is 0.244 e. The molecule has 0 radical (unpaired) electrons. The topological polar surface area (TPSA) is 63.3 Å². The van der Waals surface area contributed by atoms with Crippen LogP contribution in [-0.4, -0.2) is 11.0 Å². The van der Waals surface area contributed by atoms with E-state index >= 15 is 0 Å². The third-order valence-electron chi connectivity index (χ3n) is 0.963. The number of amides is 1. The lowest BCUT2D eigenvalue weighted by atomic mass is 10.2. The normalized spacial score (nSPS) is 13.4. The summed E-state index contributed by atoms with van der Waals surface area (Å²) in [5.41, 5.74) is 5.33. The van der Waals surface area contributed by atoms with E-state index in [2.05, 4.69) is 0 Å². The van der Waals surface area contributed by atoms with E-state index in [0.29, 0.717) is 5.57 Å². The highest BCUT2D eigenvalue weighted by molar-refractivity contribution is 5.91. The number of hydrogen-bond donors (Lipinski definition) is 2. The Kier molecular flexibility index (Phi) is 3.25. The highest BCUT2D eigenvalue weighted by atomic mass is 16.3. The van der Waals surface area contributed by atoms with Gasteiger partial charge in [0.25, 0.3) is 0 Å². The van der Waals surface area contributed by atoms with Gasteiger partial charge in [-0.3, -0.25) is 4.79 Å². The molecule has 0 spiro atoms. The Labute approximate surface area is 59.8 Å². The van der Waals surface area contributed by atoms with E-state index in [1.807, 2.05) is 0 Å². The Hall–Kier alpha value is -1.25. The Bertz CT molecular complexity index is 188. The second-order valence-corrected chi connectivity index (χ2v) is 2.02. The first-order chi connectivity index (χ1) is 4.54. The molecule has 3 N–H and O–H groups in total. The van der Waals surface area contributed by atoms with Gasteiger partial charge in [0, 0.05) is 5.57 Å². The molecule has 0 heterocycles. The Morgan fingerprint density at radius 3 is 2.20 bits per heavy atom. The molecule has 0 atom stereocenters. The second kappa shape index (κ2) is 3.71. The molecule has 56 valence electrons. The minimum atomic E-state index is -0.475. The van der Waals surface area contributed by atoms with Crippen molar-refractivity contribution in [3.05, 3.63) is 23.5 Å². The first-order valence-corrected chi connectivity index (χ1v) is 2.88. The molecule has 10 heavy (non-hydrogen) atoms. The van der Waals surface area contributed by atoms with E-state index in [-0.39, 0.29) is 5.76 Å². The first kappa shape index (κ1) is 8.75. The van der Waals surface area contributed by atoms with Crippen LogP contribution < -0.4 is 5.73 Å². The molecule has 0 aromatic heterocycles. The number of aliphatic hydroxyl groups is 1. The van der Waals surface area contributed by atoms with Gasteiger partial charge in [0.2, 0.25) is 5.91 Å². The molecule has 0 fully saturated rings. The van der Waals surface area contributed by atoms with Gasteiger partial charge in [-0.05, 0) is 19.9 Å². The van der Waals surface area contributed by atoms with E-state index in [0.717, 1.165) is 0 Å². The molecular formula is C7H11NO2. The number of rotatable bonds is 2. The number of aliphatic hydroxyl groups excluding tert-OH is 1. The number of carbonyl (C=O) groups excluding carboxylic acids is 1. The van der Waals surface area contributed by atoms with Crippen molar-refractivity contribution in [2.24, 2.45) is 5.73 Å². The third kappa shape index (κ3) is 3.72. The zero-order valence-corrected chi connectivity index (χ0v) is 6.09. The number of allylic oxidation sites excluding steroid dienone is 3. The summed E-state index contributed by atoms with van der Waals surface area (Å²) in [6, 6.07) is 0. The number of primary amides is 1. The number of nitrogens with two attached hydrogens (primary N) is 1. The lowest BCUT2D eigenvalue weighted by Crippen LogP contribution is -2.11. The fourth-order valence-electron chi connectivity index (χ4n) is 0.328. The average Bonchev–Trinajstić information content (AvgIpc) is 1.82. The summed E-state index contributed by atoms with van der Waals surface area (Å²) >= 11 is 0. The largest absolute Gasteiger partial charge is 0.513 e. The molecule has 0 unspecified atom stereocenters. The average molecular weight is 141 g/mol. The molecule has 0 rings (SSSR count). The highest BCUT2D eigenvalue weighted by Crippen LogP contribution is 1.93. The van der Waals surface area contributed by atoms with Crippen LogP contribution in [-0.2, 0) is 4.79 Å². The molecule has 1 amide bonds. The van der Waals surface area contributed by atoms with Gasteiger partial charge in [0.05, 0.1) is 5.76 Å². The van der Waals surface area contributed by atoms with Crippen molar-refractivity contribution in [3.63, 3.8) is 0 Å². The minimum absolute atomic E-state index is 0.153. The van der Waals surface area contributed by atoms with Crippen molar-refractivity contribution in [1.29, 1.82) is 0 Å². The zero-order chi connectivity index (χ0) is 8.15. The molecular weight excluding hydrogens is 130 g/mol. The predicted molar refractivity (Wildman–Crippen MR) is 39.3 cm³/mol. The molecule has 3 heteroatoms. The summed E-state index contributed by atoms with van der Waals surface area (Å²) in [5, 5.41) is 8.65. The maximum Gasteiger partial charge on any atom is 0.244 e. The summed E-state index contributed by atoms with van der Waals surface area (Å²) in [5.74, 6) is -0.321. The minimum Gasteiger partial charge on any atom is -0.513 e. The van der Waals surface area contributed by atoms with Gasteiger partial charge in [0.1, 0.15) is 0 Å². The van der Waals surface area contributed by atoms with Gasteiger partial charge in [-0.25, -0.2) is 0 Å². The van der Waals surface area contributed by atoms with E-state index in [4.69, 9.17) is 10.8 Å². The quantitative estimate of drug-likeness (QED) is 0.340.